The van der Waals surface area contributed by atoms with Crippen molar-refractivity contribution in [1.82, 2.24) is 5.32 Å². The normalized spacial score (nSPS) is 36.2. The highest BCUT2D eigenvalue weighted by Gasteiger charge is 2.33. The predicted octanol–water partition coefficient (Wildman–Crippen LogP) is 1.93. The van der Waals surface area contributed by atoms with Crippen LogP contribution in [-0.2, 0) is 14.2 Å². The molecule has 0 aliphatic carbocycles. The van der Waals surface area contributed by atoms with Crippen LogP contribution in [-0.4, -0.2) is 43.8 Å². The van der Waals surface area contributed by atoms with Crippen LogP contribution in [0.25, 0.3) is 0 Å². The van der Waals surface area contributed by atoms with Gasteiger partial charge in [-0.25, -0.2) is 0 Å². The molecule has 0 bridgehead atoms. The highest BCUT2D eigenvalue weighted by Crippen LogP contribution is 2.23. The summed E-state index contributed by atoms with van der Waals surface area (Å²) in [6.07, 6.45) is 2.78. The van der Waals surface area contributed by atoms with Crippen LogP contribution < -0.4 is 5.32 Å². The van der Waals surface area contributed by atoms with Gasteiger partial charge in [0.1, 0.15) is 0 Å². The highest BCUT2D eigenvalue weighted by molar-refractivity contribution is 4.81. The number of hydrogen-bond acceptors (Lipinski definition) is 4. The molecular weight excluding hydrogens is 230 g/mol. The second-order valence-corrected chi connectivity index (χ2v) is 6.23. The van der Waals surface area contributed by atoms with Crippen LogP contribution >= 0.6 is 0 Å². The van der Waals surface area contributed by atoms with E-state index in [1.165, 1.54) is 0 Å². The van der Waals surface area contributed by atoms with Crippen molar-refractivity contribution in [2.45, 2.75) is 64.6 Å². The van der Waals surface area contributed by atoms with Crippen molar-refractivity contribution in [3.8, 4) is 0 Å². The van der Waals surface area contributed by atoms with Gasteiger partial charge in [-0.05, 0) is 32.6 Å². The Balaban J connectivity index is 1.70. The lowest BCUT2D eigenvalue weighted by Gasteiger charge is -2.33. The molecule has 0 aromatic carbocycles. The summed E-state index contributed by atoms with van der Waals surface area (Å²) in [5.41, 5.74) is 0. The van der Waals surface area contributed by atoms with Crippen LogP contribution in [0.1, 0.15) is 40.5 Å². The summed E-state index contributed by atoms with van der Waals surface area (Å²) in [6, 6.07) is 0.554. The molecule has 2 aliphatic rings. The summed E-state index contributed by atoms with van der Waals surface area (Å²) < 4.78 is 17.1. The third-order valence-electron chi connectivity index (χ3n) is 3.76. The van der Waals surface area contributed by atoms with E-state index < -0.39 is 5.79 Å². The molecule has 4 heteroatoms. The minimum absolute atomic E-state index is 0.181. The van der Waals surface area contributed by atoms with E-state index in [0.717, 1.165) is 26.0 Å². The van der Waals surface area contributed by atoms with Crippen LogP contribution in [0.2, 0.25) is 0 Å². The molecular formula is C14H27NO3. The zero-order valence-corrected chi connectivity index (χ0v) is 12.1. The largest absolute Gasteiger partial charge is 0.378 e. The molecule has 18 heavy (non-hydrogen) atoms. The lowest BCUT2D eigenvalue weighted by Crippen LogP contribution is -2.44. The Bertz CT molecular complexity index is 268. The smallest absolute Gasteiger partial charge is 0.163 e. The average Bonchev–Trinajstić information content (AvgIpc) is 2.67. The molecule has 2 heterocycles. The summed E-state index contributed by atoms with van der Waals surface area (Å²) in [6.45, 7) is 10.8. The van der Waals surface area contributed by atoms with Crippen molar-refractivity contribution in [1.29, 1.82) is 0 Å². The van der Waals surface area contributed by atoms with Gasteiger partial charge in [-0.2, -0.15) is 0 Å². The quantitative estimate of drug-likeness (QED) is 0.835. The Hall–Kier alpha value is -0.160. The van der Waals surface area contributed by atoms with Gasteiger partial charge in [-0.15, -0.1) is 0 Å². The van der Waals surface area contributed by atoms with E-state index >= 15 is 0 Å². The minimum Gasteiger partial charge on any atom is -0.378 e. The molecule has 2 saturated heterocycles. The van der Waals surface area contributed by atoms with Gasteiger partial charge in [0.05, 0.1) is 18.8 Å². The van der Waals surface area contributed by atoms with Crippen molar-refractivity contribution in [2.24, 2.45) is 5.92 Å². The maximum Gasteiger partial charge on any atom is 0.163 e. The first-order valence-electron chi connectivity index (χ1n) is 7.13. The van der Waals surface area contributed by atoms with Crippen molar-refractivity contribution in [2.75, 3.05) is 19.8 Å². The van der Waals surface area contributed by atoms with Gasteiger partial charge in [-0.3, -0.25) is 0 Å². The average molecular weight is 257 g/mol. The second kappa shape index (κ2) is 5.87. The molecule has 3 atom stereocenters. The zero-order valence-electron chi connectivity index (χ0n) is 12.1. The third-order valence-corrected chi connectivity index (χ3v) is 3.76. The van der Waals surface area contributed by atoms with Crippen LogP contribution in [0, 0.1) is 5.92 Å². The minimum atomic E-state index is -0.414. The summed E-state index contributed by atoms with van der Waals surface area (Å²) in [7, 11) is 0. The third kappa shape index (κ3) is 3.92. The van der Waals surface area contributed by atoms with Crippen LogP contribution in [0.3, 0.4) is 0 Å². The Morgan fingerprint density at radius 2 is 2.11 bits per heavy atom. The van der Waals surface area contributed by atoms with Gasteiger partial charge < -0.3 is 19.5 Å². The van der Waals surface area contributed by atoms with Gasteiger partial charge in [0, 0.05) is 19.2 Å². The maximum atomic E-state index is 5.80. The summed E-state index contributed by atoms with van der Waals surface area (Å²) >= 11 is 0. The topological polar surface area (TPSA) is 39.7 Å². The van der Waals surface area contributed by atoms with Gasteiger partial charge >= 0.3 is 0 Å². The van der Waals surface area contributed by atoms with E-state index in [1.54, 1.807) is 0 Å². The number of hydrogen-bond donors (Lipinski definition) is 1. The Morgan fingerprint density at radius 1 is 1.33 bits per heavy atom. The zero-order chi connectivity index (χ0) is 13.2. The summed E-state index contributed by atoms with van der Waals surface area (Å²) in [5.74, 6) is 0.183. The molecule has 1 N–H and O–H groups in total. The molecule has 4 nitrogen and oxygen atoms in total. The Labute approximate surface area is 110 Å². The molecule has 0 spiro atoms. The fourth-order valence-corrected chi connectivity index (χ4v) is 2.64. The molecule has 0 aromatic heterocycles. The first kappa shape index (κ1) is 14.3. The van der Waals surface area contributed by atoms with Crippen molar-refractivity contribution in [3.05, 3.63) is 0 Å². The molecule has 0 amide bonds. The fourth-order valence-electron chi connectivity index (χ4n) is 2.64. The standard InChI is InChI=1S/C14H27NO3/c1-10(2)13-7-11(5-6-16-13)15-8-12-9-17-14(3,4)18-12/h10-13,15H,5-9H2,1-4H3. The van der Waals surface area contributed by atoms with Crippen LogP contribution in [0.15, 0.2) is 0 Å². The summed E-state index contributed by atoms with van der Waals surface area (Å²) in [5, 5.41) is 3.60. The van der Waals surface area contributed by atoms with E-state index in [0.29, 0.717) is 24.7 Å². The first-order chi connectivity index (χ1) is 8.46. The fraction of sp³-hybridized carbons (Fsp3) is 1.00. The van der Waals surface area contributed by atoms with Crippen molar-refractivity contribution in [3.63, 3.8) is 0 Å². The van der Waals surface area contributed by atoms with Gasteiger partial charge in [-0.1, -0.05) is 13.8 Å². The summed E-state index contributed by atoms with van der Waals surface area (Å²) in [4.78, 5) is 0. The molecule has 0 aromatic rings. The number of ether oxygens (including phenoxy) is 3. The molecule has 2 fully saturated rings. The number of rotatable bonds is 4. The van der Waals surface area contributed by atoms with Crippen LogP contribution in [0.4, 0.5) is 0 Å². The van der Waals surface area contributed by atoms with Gasteiger partial charge in [0.15, 0.2) is 5.79 Å². The van der Waals surface area contributed by atoms with Crippen molar-refractivity contribution < 1.29 is 14.2 Å². The van der Waals surface area contributed by atoms with Gasteiger partial charge in [0.25, 0.3) is 0 Å². The SMILES string of the molecule is CC(C)C1CC(NCC2COC(C)(C)O2)CCO1. The Kier molecular flexibility index (Phi) is 4.64. The molecule has 3 unspecified atom stereocenters. The monoisotopic (exact) mass is 257 g/mol. The highest BCUT2D eigenvalue weighted by atomic mass is 16.7. The molecule has 0 radical (unpaired) electrons. The van der Waals surface area contributed by atoms with E-state index in [9.17, 15) is 0 Å². The molecule has 2 aliphatic heterocycles. The lowest BCUT2D eigenvalue weighted by molar-refractivity contribution is -0.138. The molecule has 2 rings (SSSR count). The van der Waals surface area contributed by atoms with Crippen molar-refractivity contribution >= 4 is 0 Å². The number of nitrogens with one attached hydrogen (secondary N) is 1. The first-order valence-corrected chi connectivity index (χ1v) is 7.13. The molecule has 106 valence electrons. The van der Waals surface area contributed by atoms with Gasteiger partial charge in [0.2, 0.25) is 0 Å². The van der Waals surface area contributed by atoms with E-state index in [2.05, 4.69) is 19.2 Å². The molecule has 0 saturated carbocycles. The lowest BCUT2D eigenvalue weighted by atomic mass is 9.95. The maximum absolute atomic E-state index is 5.80. The van der Waals surface area contributed by atoms with Crippen LogP contribution in [0.5, 0.6) is 0 Å². The van der Waals surface area contributed by atoms with E-state index in [-0.39, 0.29) is 6.10 Å². The Morgan fingerprint density at radius 3 is 2.72 bits per heavy atom. The van der Waals surface area contributed by atoms with E-state index in [4.69, 9.17) is 14.2 Å². The van der Waals surface area contributed by atoms with E-state index in [1.807, 2.05) is 13.8 Å². The predicted molar refractivity (Wildman–Crippen MR) is 70.5 cm³/mol. The second-order valence-electron chi connectivity index (χ2n) is 6.23.